The Labute approximate surface area is 229 Å². The first kappa shape index (κ1) is 30.0. The van der Waals surface area contributed by atoms with Gasteiger partial charge in [0.25, 0.3) is 30.4 Å². The summed E-state index contributed by atoms with van der Waals surface area (Å²) in [5, 5.41) is 9.04. The van der Waals surface area contributed by atoms with Crippen molar-refractivity contribution in [3.05, 3.63) is 36.4 Å². The Morgan fingerprint density at radius 3 is 1.41 bits per heavy atom. The van der Waals surface area contributed by atoms with E-state index in [2.05, 4.69) is 10.6 Å². The highest BCUT2D eigenvalue weighted by atomic mass is 32.2. The Bertz CT molecular complexity index is 2070. The van der Waals surface area contributed by atoms with E-state index in [1.54, 1.807) is 0 Å². The summed E-state index contributed by atoms with van der Waals surface area (Å²) in [6.45, 7) is 0. The molecule has 4 aromatic carbocycles. The van der Waals surface area contributed by atoms with Gasteiger partial charge in [-0.05, 0) is 12.1 Å². The molecule has 1 heterocycles. The molecule has 0 atom stereocenters. The van der Waals surface area contributed by atoms with Crippen molar-refractivity contribution in [3.63, 3.8) is 0 Å². The second kappa shape index (κ2) is 9.53. The van der Waals surface area contributed by atoms with Crippen LogP contribution < -0.4 is 11.5 Å². The van der Waals surface area contributed by atoms with Gasteiger partial charge < -0.3 is 11.5 Å². The van der Waals surface area contributed by atoms with Crippen molar-refractivity contribution in [2.24, 2.45) is 5.73 Å². The van der Waals surface area contributed by atoms with Gasteiger partial charge in [-0.1, -0.05) is 24.3 Å². The number of nitrogens with two attached hydrogens (primary N) is 2. The fraction of sp³-hybridized carbons (Fsp3) is 0.0952. The van der Waals surface area contributed by atoms with Crippen molar-refractivity contribution in [1.29, 1.82) is 0 Å². The first-order valence-corrected chi connectivity index (χ1v) is 15.1. The van der Waals surface area contributed by atoms with Gasteiger partial charge in [0.1, 0.15) is 19.5 Å². The van der Waals surface area contributed by atoms with Crippen LogP contribution in [0.25, 0.3) is 32.3 Å². The van der Waals surface area contributed by atoms with Gasteiger partial charge in [0.05, 0.1) is 12.8 Å². The Kier molecular flexibility index (Phi) is 6.96. The number of quaternary nitrogens is 1. The number of amides is 3. The normalized spacial score (nSPS) is 15.8. The van der Waals surface area contributed by atoms with E-state index in [1.807, 2.05) is 0 Å². The molecular weight excluding hydrogens is 614 g/mol. The quantitative estimate of drug-likeness (QED) is 0.0456. The average Bonchev–Trinajstić information content (AvgIpc) is 3.07. The van der Waals surface area contributed by atoms with Crippen molar-refractivity contribution >= 4 is 86.3 Å². The summed E-state index contributed by atoms with van der Waals surface area (Å²) in [6.07, 6.45) is -1.67. The predicted octanol–water partition coefficient (Wildman–Crippen LogP) is 0.956. The van der Waals surface area contributed by atoms with Crippen molar-refractivity contribution in [2.45, 2.75) is 27.5 Å². The van der Waals surface area contributed by atoms with Crippen molar-refractivity contribution in [2.75, 3.05) is 5.73 Å². The minimum absolute atomic E-state index is 0.0445. The van der Waals surface area contributed by atoms with Crippen LogP contribution in [-0.2, 0) is 44.8 Å². The van der Waals surface area contributed by atoms with Crippen molar-refractivity contribution in [1.82, 2.24) is 0 Å². The molecule has 4 aromatic rings. The second-order valence-electron chi connectivity index (χ2n) is 8.61. The average molecular weight is 633 g/mol. The number of hydrogen-bond donors (Lipinski definition) is 6. The van der Waals surface area contributed by atoms with Gasteiger partial charge in [-0.3, -0.25) is 13.7 Å². The fourth-order valence-corrected chi connectivity index (χ4v) is 6.68. The number of hydroxylamine groups is 4. The minimum atomic E-state index is -4.93. The first-order chi connectivity index (χ1) is 18.7. The summed E-state index contributed by atoms with van der Waals surface area (Å²) in [5.41, 5.74) is 10.4. The number of rotatable bonds is 4. The third-order valence-corrected chi connectivity index (χ3v) is 8.78. The third kappa shape index (κ3) is 5.13. The highest BCUT2D eigenvalue weighted by molar-refractivity contribution is 7.87. The number of benzene rings is 4. The van der Waals surface area contributed by atoms with Crippen LogP contribution in [0.4, 0.5) is 10.5 Å². The predicted molar refractivity (Wildman–Crippen MR) is 136 cm³/mol. The highest BCUT2D eigenvalue weighted by Gasteiger charge is 2.55. The van der Waals surface area contributed by atoms with Crippen LogP contribution in [0.1, 0.15) is 12.8 Å². The molecule has 0 saturated carbocycles. The molecule has 17 nitrogen and oxygen atoms in total. The Morgan fingerprint density at radius 1 is 0.707 bits per heavy atom. The number of carbonyl (C=O) groups excluding carboxylic acids is 3. The number of carbonyl (C=O) groups is 3. The van der Waals surface area contributed by atoms with E-state index in [1.165, 1.54) is 18.2 Å². The Morgan fingerprint density at radius 2 is 1.05 bits per heavy atom. The van der Waals surface area contributed by atoms with Crippen LogP contribution in [0.2, 0.25) is 0 Å². The monoisotopic (exact) mass is 632 g/mol. The molecule has 1 fully saturated rings. The summed E-state index contributed by atoms with van der Waals surface area (Å²) >= 11 is 0. The summed E-state index contributed by atoms with van der Waals surface area (Å²) < 4.78 is 99.8. The lowest BCUT2D eigenvalue weighted by Gasteiger charge is -2.17. The number of nitrogens with zero attached hydrogens (tertiary/aromatic N) is 1. The lowest BCUT2D eigenvalue weighted by atomic mass is 9.93. The zero-order chi connectivity index (χ0) is 30.9. The number of anilines is 1. The van der Waals surface area contributed by atoms with Gasteiger partial charge in [-0.15, -0.1) is 0 Å². The molecule has 218 valence electrons. The summed E-state index contributed by atoms with van der Waals surface area (Å²) in [4.78, 5) is 31.6. The van der Waals surface area contributed by atoms with E-state index in [4.69, 9.17) is 10.9 Å². The lowest BCUT2D eigenvalue weighted by molar-refractivity contribution is -1.12. The van der Waals surface area contributed by atoms with Gasteiger partial charge in [0.15, 0.2) is 0 Å². The van der Waals surface area contributed by atoms with Crippen LogP contribution in [-0.4, -0.2) is 66.8 Å². The van der Waals surface area contributed by atoms with Crippen LogP contribution in [0, 0.1) is 0 Å². The molecule has 0 bridgehead atoms. The molecule has 0 radical (unpaired) electrons. The van der Waals surface area contributed by atoms with E-state index >= 15 is 0 Å². The van der Waals surface area contributed by atoms with Crippen molar-refractivity contribution < 1.29 is 68.1 Å². The van der Waals surface area contributed by atoms with Crippen LogP contribution in [0.15, 0.2) is 51.1 Å². The van der Waals surface area contributed by atoms with E-state index < -0.39 is 67.8 Å². The number of primary amides is 1. The van der Waals surface area contributed by atoms with Crippen LogP contribution in [0.3, 0.4) is 0 Å². The standard InChI is InChI=1S/C16H11NO9S3.C5H6N2O5/c17-11-5-12(27(18,19)20)8-3-4-10-14(29(24,25)26)6-13(28(21,22)23)9-2-1-7(11)15(8)16(9)10;6-5(10)12-7(11)3(8)1-2-4(7)9/h1-6H,17H2,(H,18,19,20)(H,21,22,23)(H,24,25,26);11H,1-2H2,(H-,6,10)/p+1. The molecular formula is C21H18N3O14S3+. The maximum atomic E-state index is 11.9. The molecule has 0 spiro atoms. The minimum Gasteiger partial charge on any atom is -0.398 e. The highest BCUT2D eigenvalue weighted by Crippen LogP contribution is 2.43. The van der Waals surface area contributed by atoms with Gasteiger partial charge >= 0.3 is 17.9 Å². The summed E-state index contributed by atoms with van der Waals surface area (Å²) in [7, 11) is -14.6. The molecule has 3 amide bonds. The van der Waals surface area contributed by atoms with E-state index in [9.17, 15) is 53.3 Å². The zero-order valence-corrected chi connectivity index (χ0v) is 22.5. The maximum Gasteiger partial charge on any atom is 0.465 e. The molecule has 1 aliphatic rings. The molecule has 8 N–H and O–H groups in total. The second-order valence-corrected chi connectivity index (χ2v) is 12.8. The van der Waals surface area contributed by atoms with E-state index in [0.29, 0.717) is 6.07 Å². The van der Waals surface area contributed by atoms with Crippen LogP contribution >= 0.6 is 0 Å². The molecule has 0 aliphatic carbocycles. The van der Waals surface area contributed by atoms with E-state index in [0.717, 1.165) is 12.1 Å². The summed E-state index contributed by atoms with van der Waals surface area (Å²) in [6, 6.07) is 6.63. The number of hydrogen-bond acceptors (Lipinski definition) is 12. The lowest BCUT2D eigenvalue weighted by Crippen LogP contribution is -2.51. The van der Waals surface area contributed by atoms with Crippen LogP contribution in [0.5, 0.6) is 0 Å². The maximum absolute atomic E-state index is 11.9. The molecule has 0 unspecified atom stereocenters. The molecule has 1 aliphatic heterocycles. The Hall–Kier alpha value is -4.02. The van der Waals surface area contributed by atoms with E-state index in [-0.39, 0.29) is 50.8 Å². The fourth-order valence-electron chi connectivity index (χ4n) is 4.45. The zero-order valence-electron chi connectivity index (χ0n) is 20.1. The SMILES string of the molecule is NC(=O)O[N+]1(O)C(=O)CCC1=O.Nc1cc(S(=O)(=O)O)c2ccc3c(S(=O)(=O)O)cc(S(=O)(=O)O)c4ccc1c2c43. The van der Waals surface area contributed by atoms with Gasteiger partial charge in [-0.2, -0.15) is 30.5 Å². The molecule has 41 heavy (non-hydrogen) atoms. The topological polar surface area (TPSA) is 296 Å². The van der Waals surface area contributed by atoms with Gasteiger partial charge in [-0.25, -0.2) is 19.2 Å². The molecule has 1 saturated heterocycles. The number of nitrogen functional groups attached to an aromatic ring is 1. The smallest absolute Gasteiger partial charge is 0.398 e. The molecule has 20 heteroatoms. The van der Waals surface area contributed by atoms with Gasteiger partial charge in [0, 0.05) is 38.0 Å². The van der Waals surface area contributed by atoms with Crippen molar-refractivity contribution in [3.8, 4) is 0 Å². The molecule has 5 rings (SSSR count). The largest absolute Gasteiger partial charge is 0.465 e. The first-order valence-electron chi connectivity index (χ1n) is 10.8. The Balaban J connectivity index is 0.000000271. The van der Waals surface area contributed by atoms with Gasteiger partial charge in [0.2, 0.25) is 0 Å². The molecule has 0 aromatic heterocycles. The summed E-state index contributed by atoms with van der Waals surface area (Å²) in [5.74, 6) is -1.78. The number of imide groups is 1. The third-order valence-electron chi connectivity index (χ3n) is 6.10.